The van der Waals surface area contributed by atoms with E-state index in [1.54, 1.807) is 29.8 Å². The van der Waals surface area contributed by atoms with E-state index in [2.05, 4.69) is 32.5 Å². The van der Waals surface area contributed by atoms with Gasteiger partial charge < -0.3 is 10.6 Å². The predicted molar refractivity (Wildman–Crippen MR) is 161 cm³/mol. The summed E-state index contributed by atoms with van der Waals surface area (Å²) in [6.07, 6.45) is 2.29. The van der Waals surface area contributed by atoms with Gasteiger partial charge in [-0.05, 0) is 56.2 Å². The number of hydrogen-bond acceptors (Lipinski definition) is 8. The molecule has 214 valence electrons. The molecule has 12 heteroatoms. The van der Waals surface area contributed by atoms with E-state index in [0.717, 1.165) is 28.0 Å². The fraction of sp³-hybridized carbons (Fsp3) is 0.167. The van der Waals surface area contributed by atoms with E-state index >= 15 is 0 Å². The smallest absolute Gasteiger partial charge is 0.257 e. The highest BCUT2D eigenvalue weighted by atomic mass is 32.1. The number of allylic oxidation sites excluding steroid dienone is 1. The molecule has 2 aromatic carbocycles. The van der Waals surface area contributed by atoms with E-state index < -0.39 is 22.9 Å². The van der Waals surface area contributed by atoms with Crippen LogP contribution < -0.4 is 21.5 Å². The minimum absolute atomic E-state index is 0.0103. The van der Waals surface area contributed by atoms with Crippen molar-refractivity contribution >= 4 is 39.4 Å². The number of anilines is 2. The monoisotopic (exact) mass is 587 g/mol. The van der Waals surface area contributed by atoms with Crippen molar-refractivity contribution in [3.05, 3.63) is 105 Å². The van der Waals surface area contributed by atoms with Crippen molar-refractivity contribution in [3.63, 3.8) is 0 Å². The van der Waals surface area contributed by atoms with Crippen LogP contribution in [-0.4, -0.2) is 38.5 Å². The average Bonchev–Trinajstić information content (AvgIpc) is 3.46. The predicted octanol–water partition coefficient (Wildman–Crippen LogP) is 5.67. The molecule has 5 rings (SSSR count). The Balaban J connectivity index is 1.67. The van der Waals surface area contributed by atoms with Crippen LogP contribution in [0.2, 0.25) is 0 Å². The standard InChI is InChI=1S/C30H27F2N7O2S/c1-17(2)33-12-5-13-34-29-36-25(21-16-19(9-8-18(21)3)28(41)38-30-35-14-15-42-30)20-10-11-24(40)39(27(20)37-29)26-22(31)6-4-7-23(26)32/h4,6-11,14-16,33H,1,5,12-13H2,2-3H3,(H,34,36,37)(H,35,38,41). The molecule has 0 aliphatic carbocycles. The van der Waals surface area contributed by atoms with Gasteiger partial charge in [0.05, 0.1) is 5.69 Å². The molecule has 3 heterocycles. The molecule has 0 saturated carbocycles. The minimum atomic E-state index is -0.915. The van der Waals surface area contributed by atoms with Crippen LogP contribution in [0, 0.1) is 18.6 Å². The number of para-hydroxylation sites is 1. The molecule has 0 aliphatic rings. The number of thiazole rings is 1. The lowest BCUT2D eigenvalue weighted by Gasteiger charge is -2.16. The van der Waals surface area contributed by atoms with Crippen LogP contribution in [0.5, 0.6) is 0 Å². The van der Waals surface area contributed by atoms with Crippen molar-refractivity contribution in [2.75, 3.05) is 23.7 Å². The summed E-state index contributed by atoms with van der Waals surface area (Å²) in [5.41, 5.74) is 1.75. The van der Waals surface area contributed by atoms with Gasteiger partial charge >= 0.3 is 0 Å². The SMILES string of the molecule is C=C(C)NCCCNc1nc(-c2cc(C(=O)Nc3nccs3)ccc2C)c2ccc(=O)n(-c3c(F)cccc3F)c2n1. The third-order valence-electron chi connectivity index (χ3n) is 6.38. The van der Waals surface area contributed by atoms with E-state index in [1.807, 2.05) is 13.8 Å². The topological polar surface area (TPSA) is 114 Å². The Hall–Kier alpha value is -4.97. The largest absolute Gasteiger partial charge is 0.389 e. The van der Waals surface area contributed by atoms with Crippen molar-refractivity contribution in [3.8, 4) is 16.9 Å². The molecule has 42 heavy (non-hydrogen) atoms. The highest BCUT2D eigenvalue weighted by molar-refractivity contribution is 7.13. The van der Waals surface area contributed by atoms with Crippen molar-refractivity contribution in [2.45, 2.75) is 20.3 Å². The number of nitrogens with zero attached hydrogens (tertiary/aromatic N) is 4. The zero-order valence-corrected chi connectivity index (χ0v) is 23.7. The molecule has 1 amide bonds. The Morgan fingerprint density at radius 2 is 1.86 bits per heavy atom. The highest BCUT2D eigenvalue weighted by Crippen LogP contribution is 2.32. The molecule has 0 fully saturated rings. The molecular formula is C30H27F2N7O2S. The van der Waals surface area contributed by atoms with Crippen LogP contribution in [0.25, 0.3) is 28.0 Å². The summed E-state index contributed by atoms with van der Waals surface area (Å²) < 4.78 is 30.8. The van der Waals surface area contributed by atoms with Gasteiger partial charge in [0.25, 0.3) is 11.5 Å². The van der Waals surface area contributed by atoms with E-state index in [0.29, 0.717) is 46.8 Å². The van der Waals surface area contributed by atoms with Gasteiger partial charge in [0, 0.05) is 52.9 Å². The molecular weight excluding hydrogens is 560 g/mol. The van der Waals surface area contributed by atoms with E-state index in [-0.39, 0.29) is 17.5 Å². The van der Waals surface area contributed by atoms with Crippen LogP contribution in [0.15, 0.2) is 77.2 Å². The second-order valence-electron chi connectivity index (χ2n) is 9.52. The number of rotatable bonds is 10. The Bertz CT molecular complexity index is 1840. The molecule has 9 nitrogen and oxygen atoms in total. The number of carbonyl (C=O) groups is 1. The third kappa shape index (κ3) is 6.03. The van der Waals surface area contributed by atoms with Crippen molar-refractivity contribution < 1.29 is 13.6 Å². The maximum Gasteiger partial charge on any atom is 0.257 e. The first-order valence-corrected chi connectivity index (χ1v) is 13.9. The van der Waals surface area contributed by atoms with Gasteiger partial charge in [0.1, 0.15) is 17.3 Å². The molecule has 0 atom stereocenters. The summed E-state index contributed by atoms with van der Waals surface area (Å²) in [4.78, 5) is 39.5. The first-order valence-electron chi connectivity index (χ1n) is 13.1. The van der Waals surface area contributed by atoms with Gasteiger partial charge in [-0.3, -0.25) is 19.5 Å². The lowest BCUT2D eigenvalue weighted by Crippen LogP contribution is -2.22. The van der Waals surface area contributed by atoms with E-state index in [4.69, 9.17) is 4.98 Å². The van der Waals surface area contributed by atoms with Crippen LogP contribution >= 0.6 is 11.3 Å². The van der Waals surface area contributed by atoms with Gasteiger partial charge in [0.15, 0.2) is 10.8 Å². The number of hydrogen-bond donors (Lipinski definition) is 3. The van der Waals surface area contributed by atoms with Crippen LogP contribution in [-0.2, 0) is 0 Å². The molecule has 5 aromatic rings. The number of fused-ring (bicyclic) bond motifs is 1. The summed E-state index contributed by atoms with van der Waals surface area (Å²) in [6, 6.07) is 11.3. The Morgan fingerprint density at radius 3 is 2.57 bits per heavy atom. The summed E-state index contributed by atoms with van der Waals surface area (Å²) in [6.45, 7) is 8.66. The van der Waals surface area contributed by atoms with Gasteiger partial charge in [-0.2, -0.15) is 4.98 Å². The second-order valence-corrected chi connectivity index (χ2v) is 10.4. The first-order chi connectivity index (χ1) is 20.2. The first kappa shape index (κ1) is 28.6. The molecule has 0 bridgehead atoms. The fourth-order valence-electron chi connectivity index (χ4n) is 4.38. The number of aryl methyl sites for hydroxylation is 1. The summed E-state index contributed by atoms with van der Waals surface area (Å²) >= 11 is 1.29. The number of amides is 1. The number of halogens is 2. The quantitative estimate of drug-likeness (QED) is 0.181. The summed E-state index contributed by atoms with van der Waals surface area (Å²) in [5, 5.41) is 11.6. The van der Waals surface area contributed by atoms with Crippen molar-refractivity contribution in [1.82, 2.24) is 24.8 Å². The van der Waals surface area contributed by atoms with Crippen LogP contribution in [0.1, 0.15) is 29.3 Å². The molecule has 0 spiro atoms. The van der Waals surface area contributed by atoms with Gasteiger partial charge in [-0.25, -0.2) is 18.7 Å². The van der Waals surface area contributed by atoms with E-state index in [9.17, 15) is 18.4 Å². The lowest BCUT2D eigenvalue weighted by molar-refractivity contribution is 0.102. The maximum absolute atomic E-state index is 15.0. The second kappa shape index (κ2) is 12.3. The number of benzene rings is 2. The number of nitrogens with one attached hydrogen (secondary N) is 3. The zero-order chi connectivity index (χ0) is 29.8. The van der Waals surface area contributed by atoms with Crippen LogP contribution in [0.4, 0.5) is 19.9 Å². The zero-order valence-electron chi connectivity index (χ0n) is 22.9. The fourth-order valence-corrected chi connectivity index (χ4v) is 4.91. The number of pyridine rings is 1. The number of aromatic nitrogens is 4. The normalized spacial score (nSPS) is 11.0. The number of carbonyl (C=O) groups excluding carboxylic acids is 1. The molecule has 0 aliphatic heterocycles. The third-order valence-corrected chi connectivity index (χ3v) is 7.07. The molecule has 3 N–H and O–H groups in total. The van der Waals surface area contributed by atoms with Gasteiger partial charge in [0.2, 0.25) is 5.95 Å². The van der Waals surface area contributed by atoms with Crippen molar-refractivity contribution in [1.29, 1.82) is 0 Å². The summed E-state index contributed by atoms with van der Waals surface area (Å²) in [7, 11) is 0. The van der Waals surface area contributed by atoms with Crippen molar-refractivity contribution in [2.24, 2.45) is 0 Å². The maximum atomic E-state index is 15.0. The van der Waals surface area contributed by atoms with Crippen LogP contribution in [0.3, 0.4) is 0 Å². The lowest BCUT2D eigenvalue weighted by atomic mass is 9.99. The molecule has 3 aromatic heterocycles. The van der Waals surface area contributed by atoms with E-state index in [1.165, 1.54) is 29.5 Å². The molecule has 0 unspecified atom stereocenters. The Kier molecular flexibility index (Phi) is 8.34. The Morgan fingerprint density at radius 1 is 1.07 bits per heavy atom. The van der Waals surface area contributed by atoms with Gasteiger partial charge in [-0.1, -0.05) is 18.7 Å². The molecule has 0 radical (unpaired) electrons. The molecule has 0 saturated heterocycles. The average molecular weight is 588 g/mol. The highest BCUT2D eigenvalue weighted by Gasteiger charge is 2.21. The Labute approximate surface area is 244 Å². The van der Waals surface area contributed by atoms with Gasteiger partial charge in [-0.15, -0.1) is 11.3 Å². The summed E-state index contributed by atoms with van der Waals surface area (Å²) in [5.74, 6) is -2.04. The minimum Gasteiger partial charge on any atom is -0.389 e.